The highest BCUT2D eigenvalue weighted by Crippen LogP contribution is 2.27. The van der Waals surface area contributed by atoms with Crippen LogP contribution in [0.15, 0.2) is 0 Å². The average Bonchev–Trinajstić information content (AvgIpc) is 2.64. The van der Waals surface area contributed by atoms with E-state index >= 15 is 0 Å². The maximum atomic E-state index is 5.98. The summed E-state index contributed by atoms with van der Waals surface area (Å²) in [7, 11) is 2.30. The molecule has 0 aromatic rings. The Morgan fingerprint density at radius 3 is 2.67 bits per heavy atom. The zero-order valence-corrected chi connectivity index (χ0v) is 11.9. The van der Waals surface area contributed by atoms with Gasteiger partial charge in [0.1, 0.15) is 0 Å². The van der Waals surface area contributed by atoms with Crippen molar-refractivity contribution in [2.45, 2.75) is 51.0 Å². The number of ether oxygens (including phenoxy) is 1. The van der Waals surface area contributed by atoms with E-state index in [4.69, 9.17) is 10.5 Å². The van der Waals surface area contributed by atoms with Gasteiger partial charge in [0, 0.05) is 19.2 Å². The first kappa shape index (κ1) is 14.3. The number of hydrogen-bond acceptors (Lipinski definition) is 3. The fraction of sp³-hybridized carbons (Fsp3) is 1.00. The summed E-state index contributed by atoms with van der Waals surface area (Å²) in [6.07, 6.45) is 9.39. The van der Waals surface area contributed by atoms with Crippen molar-refractivity contribution >= 4 is 0 Å². The summed E-state index contributed by atoms with van der Waals surface area (Å²) in [4.78, 5) is 2.59. The molecular formula is C15H30N2O. The van der Waals surface area contributed by atoms with E-state index in [0.717, 1.165) is 25.7 Å². The molecule has 18 heavy (non-hydrogen) atoms. The molecule has 1 saturated heterocycles. The highest BCUT2D eigenvalue weighted by molar-refractivity contribution is 4.82. The lowest BCUT2D eigenvalue weighted by Gasteiger charge is -2.36. The van der Waals surface area contributed by atoms with E-state index in [1.807, 2.05) is 0 Å². The lowest BCUT2D eigenvalue weighted by atomic mass is 9.92. The molecular weight excluding hydrogens is 224 g/mol. The van der Waals surface area contributed by atoms with Crippen LogP contribution in [0.3, 0.4) is 0 Å². The van der Waals surface area contributed by atoms with Gasteiger partial charge in [-0.2, -0.15) is 0 Å². The Bertz CT molecular complexity index is 229. The van der Waals surface area contributed by atoms with Crippen molar-refractivity contribution in [1.29, 1.82) is 0 Å². The number of nitrogens with zero attached hydrogens (tertiary/aromatic N) is 1. The molecule has 3 nitrogen and oxygen atoms in total. The molecule has 2 N–H and O–H groups in total. The van der Waals surface area contributed by atoms with Crippen LogP contribution in [-0.2, 0) is 4.74 Å². The van der Waals surface area contributed by atoms with Crippen molar-refractivity contribution in [2.75, 3.05) is 33.4 Å². The zero-order valence-electron chi connectivity index (χ0n) is 11.9. The summed E-state index contributed by atoms with van der Waals surface area (Å²) in [5.41, 5.74) is 5.98. The molecule has 0 aromatic carbocycles. The van der Waals surface area contributed by atoms with Crippen LogP contribution in [0.5, 0.6) is 0 Å². The van der Waals surface area contributed by atoms with E-state index in [2.05, 4.69) is 11.9 Å². The van der Waals surface area contributed by atoms with Crippen molar-refractivity contribution in [2.24, 2.45) is 17.6 Å². The van der Waals surface area contributed by atoms with Crippen LogP contribution in [0.4, 0.5) is 0 Å². The van der Waals surface area contributed by atoms with Gasteiger partial charge in [-0.25, -0.2) is 0 Å². The predicted octanol–water partition coefficient (Wildman–Crippen LogP) is 2.25. The standard InChI is InChI=1S/C15H30N2O/c1-17(11-13-6-5-9-18-12-13)15-8-4-2-3-7-14(15)10-16/h13-15H,2-12,16H2,1H3. The van der Waals surface area contributed by atoms with Gasteiger partial charge >= 0.3 is 0 Å². The van der Waals surface area contributed by atoms with Crippen molar-refractivity contribution in [3.05, 3.63) is 0 Å². The van der Waals surface area contributed by atoms with Gasteiger partial charge in [0.2, 0.25) is 0 Å². The van der Waals surface area contributed by atoms with Crippen molar-refractivity contribution in [1.82, 2.24) is 4.90 Å². The summed E-state index contributed by atoms with van der Waals surface area (Å²) in [5.74, 6) is 1.45. The topological polar surface area (TPSA) is 38.5 Å². The van der Waals surface area contributed by atoms with Gasteiger partial charge < -0.3 is 15.4 Å². The van der Waals surface area contributed by atoms with Crippen LogP contribution in [0.2, 0.25) is 0 Å². The van der Waals surface area contributed by atoms with Gasteiger partial charge in [0.25, 0.3) is 0 Å². The molecule has 3 heteroatoms. The van der Waals surface area contributed by atoms with Gasteiger partial charge in [-0.3, -0.25) is 0 Å². The van der Waals surface area contributed by atoms with E-state index in [1.165, 1.54) is 51.5 Å². The third-order valence-corrected chi connectivity index (χ3v) is 4.79. The Morgan fingerprint density at radius 1 is 1.11 bits per heavy atom. The van der Waals surface area contributed by atoms with Gasteiger partial charge in [-0.1, -0.05) is 19.3 Å². The second-order valence-electron chi connectivity index (χ2n) is 6.22. The molecule has 0 radical (unpaired) electrons. The highest BCUT2D eigenvalue weighted by atomic mass is 16.5. The quantitative estimate of drug-likeness (QED) is 0.782. The minimum Gasteiger partial charge on any atom is -0.381 e. The Morgan fingerprint density at radius 2 is 1.94 bits per heavy atom. The van der Waals surface area contributed by atoms with Crippen LogP contribution in [0.25, 0.3) is 0 Å². The van der Waals surface area contributed by atoms with Crippen LogP contribution < -0.4 is 5.73 Å². The smallest absolute Gasteiger partial charge is 0.0506 e. The molecule has 0 aromatic heterocycles. The number of rotatable bonds is 4. The molecule has 2 aliphatic rings. The van der Waals surface area contributed by atoms with E-state index in [9.17, 15) is 0 Å². The predicted molar refractivity (Wildman–Crippen MR) is 75.6 cm³/mol. The number of hydrogen-bond donors (Lipinski definition) is 1. The average molecular weight is 254 g/mol. The molecule has 106 valence electrons. The molecule has 0 amide bonds. The monoisotopic (exact) mass is 254 g/mol. The first-order valence-electron chi connectivity index (χ1n) is 7.79. The van der Waals surface area contributed by atoms with Crippen LogP contribution in [0.1, 0.15) is 44.9 Å². The van der Waals surface area contributed by atoms with Crippen LogP contribution >= 0.6 is 0 Å². The summed E-state index contributed by atoms with van der Waals surface area (Å²) in [6.45, 7) is 3.98. The number of nitrogens with two attached hydrogens (primary N) is 1. The first-order valence-corrected chi connectivity index (χ1v) is 7.79. The summed E-state index contributed by atoms with van der Waals surface area (Å²) in [6, 6.07) is 0.708. The van der Waals surface area contributed by atoms with E-state index in [0.29, 0.717) is 12.0 Å². The molecule has 0 bridgehead atoms. The SMILES string of the molecule is CN(CC1CCCOC1)C1CCCCCC1CN. The van der Waals surface area contributed by atoms with Gasteiger partial charge in [0.15, 0.2) is 0 Å². The third kappa shape index (κ3) is 3.94. The summed E-state index contributed by atoms with van der Waals surface area (Å²) in [5, 5.41) is 0. The minimum absolute atomic E-state index is 0.708. The third-order valence-electron chi connectivity index (χ3n) is 4.79. The molecule has 1 aliphatic carbocycles. The molecule has 1 heterocycles. The molecule has 1 saturated carbocycles. The fourth-order valence-electron chi connectivity index (χ4n) is 3.71. The molecule has 1 aliphatic heterocycles. The van der Waals surface area contributed by atoms with Crippen LogP contribution in [-0.4, -0.2) is 44.3 Å². The first-order chi connectivity index (χ1) is 8.81. The fourth-order valence-corrected chi connectivity index (χ4v) is 3.71. The lowest BCUT2D eigenvalue weighted by molar-refractivity contribution is 0.0304. The Balaban J connectivity index is 1.86. The Hall–Kier alpha value is -0.120. The normalized spacial score (nSPS) is 34.5. The Labute approximate surface area is 112 Å². The maximum absolute atomic E-state index is 5.98. The van der Waals surface area contributed by atoms with Gasteiger partial charge in [-0.15, -0.1) is 0 Å². The Kier molecular flexibility index (Phi) is 5.93. The van der Waals surface area contributed by atoms with Crippen molar-refractivity contribution < 1.29 is 4.74 Å². The molecule has 0 spiro atoms. The summed E-state index contributed by atoms with van der Waals surface area (Å²) < 4.78 is 5.60. The second-order valence-corrected chi connectivity index (χ2v) is 6.22. The maximum Gasteiger partial charge on any atom is 0.0506 e. The molecule has 2 rings (SSSR count). The zero-order chi connectivity index (χ0) is 12.8. The minimum atomic E-state index is 0.708. The highest BCUT2D eigenvalue weighted by Gasteiger charge is 2.27. The van der Waals surface area contributed by atoms with Gasteiger partial charge in [0.05, 0.1) is 6.61 Å². The second kappa shape index (κ2) is 7.46. The molecule has 3 atom stereocenters. The van der Waals surface area contributed by atoms with Crippen LogP contribution in [0, 0.1) is 11.8 Å². The van der Waals surface area contributed by atoms with E-state index < -0.39 is 0 Å². The lowest BCUT2D eigenvalue weighted by Crippen LogP contribution is -2.43. The van der Waals surface area contributed by atoms with Crippen molar-refractivity contribution in [3.63, 3.8) is 0 Å². The van der Waals surface area contributed by atoms with E-state index in [-0.39, 0.29) is 0 Å². The largest absolute Gasteiger partial charge is 0.381 e. The molecule has 3 unspecified atom stereocenters. The molecule has 2 fully saturated rings. The summed E-state index contributed by atoms with van der Waals surface area (Å²) >= 11 is 0. The van der Waals surface area contributed by atoms with Crippen molar-refractivity contribution in [3.8, 4) is 0 Å². The van der Waals surface area contributed by atoms with Gasteiger partial charge in [-0.05, 0) is 51.1 Å². The van der Waals surface area contributed by atoms with E-state index in [1.54, 1.807) is 0 Å².